The molecule has 0 aromatic heterocycles. The van der Waals surface area contributed by atoms with Crippen molar-refractivity contribution in [3.8, 4) is 22.3 Å². The molecule has 12 rings (SSSR count). The van der Waals surface area contributed by atoms with Gasteiger partial charge in [0.1, 0.15) is 0 Å². The molecule has 0 N–H and O–H groups in total. The van der Waals surface area contributed by atoms with Crippen LogP contribution in [0.4, 0.5) is 34.1 Å². The predicted octanol–water partition coefficient (Wildman–Crippen LogP) is 15.3. The minimum Gasteiger partial charge on any atom is -0.310 e. The Morgan fingerprint density at radius 3 is 1.47 bits per heavy atom. The van der Waals surface area contributed by atoms with Gasteiger partial charge in [-0.1, -0.05) is 170 Å². The van der Waals surface area contributed by atoms with Crippen molar-refractivity contribution in [2.75, 3.05) is 9.80 Å². The molecular weight excluding hydrogens is 713 g/mol. The third-order valence-electron chi connectivity index (χ3n) is 12.6. The number of fused-ring (bicyclic) bond motifs is 13. The van der Waals surface area contributed by atoms with Crippen molar-refractivity contribution in [3.63, 3.8) is 0 Å². The van der Waals surface area contributed by atoms with E-state index in [4.69, 9.17) is 0 Å². The Hall–Kier alpha value is -7.68. The molecule has 0 bridgehead atoms. The van der Waals surface area contributed by atoms with E-state index in [9.17, 15) is 0 Å². The van der Waals surface area contributed by atoms with Gasteiger partial charge in [-0.15, -0.1) is 0 Å². The van der Waals surface area contributed by atoms with Crippen LogP contribution in [0.1, 0.15) is 22.3 Å². The molecular formula is C57H38N2. The van der Waals surface area contributed by atoms with Gasteiger partial charge in [-0.3, -0.25) is 0 Å². The Bertz CT molecular complexity index is 3190. The van der Waals surface area contributed by atoms with Crippen LogP contribution in [0.25, 0.3) is 43.8 Å². The van der Waals surface area contributed by atoms with Crippen molar-refractivity contribution in [1.82, 2.24) is 0 Å². The van der Waals surface area contributed by atoms with E-state index in [0.29, 0.717) is 0 Å². The first kappa shape index (κ1) is 33.5. The maximum absolute atomic E-state index is 2.47. The smallest absolute Gasteiger partial charge is 0.0732 e. The third kappa shape index (κ3) is 4.87. The van der Waals surface area contributed by atoms with Gasteiger partial charge in [-0.05, 0) is 116 Å². The van der Waals surface area contributed by atoms with E-state index >= 15 is 0 Å². The maximum Gasteiger partial charge on any atom is 0.0732 e. The summed E-state index contributed by atoms with van der Waals surface area (Å²) in [5.41, 5.74) is 16.7. The van der Waals surface area contributed by atoms with E-state index in [1.807, 2.05) is 0 Å². The average Bonchev–Trinajstić information content (AvgIpc) is 3.78. The molecule has 10 aromatic rings. The van der Waals surface area contributed by atoms with E-state index in [0.717, 1.165) is 28.4 Å². The number of benzene rings is 10. The zero-order valence-corrected chi connectivity index (χ0v) is 32.3. The second-order valence-electron chi connectivity index (χ2n) is 15.6. The van der Waals surface area contributed by atoms with Crippen LogP contribution in [0.5, 0.6) is 0 Å². The highest BCUT2D eigenvalue weighted by molar-refractivity contribution is 6.11. The number of nitrogens with zero attached hydrogens (tertiary/aromatic N) is 2. The molecule has 0 amide bonds. The lowest BCUT2D eigenvalue weighted by Crippen LogP contribution is -2.26. The quantitative estimate of drug-likeness (QED) is 0.167. The van der Waals surface area contributed by atoms with Crippen molar-refractivity contribution in [2.45, 2.75) is 5.41 Å². The maximum atomic E-state index is 2.47. The first-order valence-electron chi connectivity index (χ1n) is 20.4. The van der Waals surface area contributed by atoms with Crippen molar-refractivity contribution in [2.24, 2.45) is 0 Å². The number of hydrogen-bond acceptors (Lipinski definition) is 2. The number of para-hydroxylation sites is 3. The Labute approximate surface area is 344 Å². The summed E-state index contributed by atoms with van der Waals surface area (Å²) in [5.74, 6) is 0. The van der Waals surface area contributed by atoms with Gasteiger partial charge in [0.05, 0.1) is 16.8 Å². The SMILES string of the molecule is c1ccc(N(c2ccc3ccccc3c2)c2cccc3c2-c2ccccc2C32c3ccccc3-c3cc(N(c4ccccc4)c4ccccc4)c4ccccc4c32)cc1. The summed E-state index contributed by atoms with van der Waals surface area (Å²) in [6, 6.07) is 84.8. The summed E-state index contributed by atoms with van der Waals surface area (Å²) < 4.78 is 0. The minimum atomic E-state index is -0.554. The zero-order valence-electron chi connectivity index (χ0n) is 32.3. The summed E-state index contributed by atoms with van der Waals surface area (Å²) in [7, 11) is 0. The van der Waals surface area contributed by atoms with Gasteiger partial charge in [0.15, 0.2) is 0 Å². The van der Waals surface area contributed by atoms with Crippen LogP contribution in [-0.2, 0) is 5.41 Å². The zero-order chi connectivity index (χ0) is 38.9. The second-order valence-corrected chi connectivity index (χ2v) is 15.6. The van der Waals surface area contributed by atoms with E-state index in [-0.39, 0.29) is 0 Å². The summed E-state index contributed by atoms with van der Waals surface area (Å²) in [5, 5.41) is 4.93. The molecule has 2 aliphatic rings. The molecule has 2 nitrogen and oxygen atoms in total. The fourth-order valence-corrected chi connectivity index (χ4v) is 10.3. The lowest BCUT2D eigenvalue weighted by atomic mass is 9.69. The standard InChI is InChI=1S/C57H38N2/c1-4-21-41(22-5-1)58(42-23-6-2-7-24-42)54-38-49-45-27-14-16-31-50(45)57(56(49)47-29-13-12-28-46(47)54)51-32-17-15-30-48(51)55-52(57)33-18-34-53(55)59(43-25-8-3-9-26-43)44-36-35-39-19-10-11-20-40(39)37-44/h1-38H. The normalized spacial score (nSPS) is 14.5. The highest BCUT2D eigenvalue weighted by Gasteiger charge is 2.53. The average molecular weight is 751 g/mol. The van der Waals surface area contributed by atoms with Crippen molar-refractivity contribution >= 4 is 55.7 Å². The second kappa shape index (κ2) is 13.2. The van der Waals surface area contributed by atoms with Gasteiger partial charge < -0.3 is 9.80 Å². The lowest BCUT2D eigenvalue weighted by molar-refractivity contribution is 0.801. The molecule has 0 fully saturated rings. The van der Waals surface area contributed by atoms with E-state index in [1.165, 1.54) is 71.7 Å². The summed E-state index contributed by atoms with van der Waals surface area (Å²) in [6.07, 6.45) is 0. The Morgan fingerprint density at radius 1 is 0.288 bits per heavy atom. The van der Waals surface area contributed by atoms with Crippen LogP contribution in [-0.4, -0.2) is 0 Å². The fourth-order valence-electron chi connectivity index (χ4n) is 10.3. The van der Waals surface area contributed by atoms with E-state index in [2.05, 4.69) is 240 Å². The third-order valence-corrected chi connectivity index (χ3v) is 12.6. The van der Waals surface area contributed by atoms with Gasteiger partial charge in [-0.25, -0.2) is 0 Å². The monoisotopic (exact) mass is 750 g/mol. The van der Waals surface area contributed by atoms with Gasteiger partial charge in [0, 0.05) is 33.7 Å². The fraction of sp³-hybridized carbons (Fsp3) is 0.0175. The van der Waals surface area contributed by atoms with Crippen LogP contribution in [0.2, 0.25) is 0 Å². The molecule has 0 heterocycles. The van der Waals surface area contributed by atoms with Crippen LogP contribution in [0, 0.1) is 0 Å². The first-order chi connectivity index (χ1) is 29.3. The predicted molar refractivity (Wildman–Crippen MR) is 247 cm³/mol. The topological polar surface area (TPSA) is 6.48 Å². The Balaban J connectivity index is 1.18. The van der Waals surface area contributed by atoms with Crippen LogP contribution in [0.15, 0.2) is 231 Å². The molecule has 59 heavy (non-hydrogen) atoms. The van der Waals surface area contributed by atoms with Gasteiger partial charge in [0.2, 0.25) is 0 Å². The molecule has 0 aliphatic heterocycles. The lowest BCUT2D eigenvalue weighted by Gasteiger charge is -2.33. The molecule has 0 saturated heterocycles. The molecule has 1 atom stereocenters. The van der Waals surface area contributed by atoms with Crippen molar-refractivity contribution in [3.05, 3.63) is 253 Å². The molecule has 0 radical (unpaired) electrons. The van der Waals surface area contributed by atoms with E-state index in [1.54, 1.807) is 0 Å². The molecule has 1 spiro atoms. The molecule has 0 saturated carbocycles. The number of rotatable bonds is 6. The van der Waals surface area contributed by atoms with Crippen molar-refractivity contribution < 1.29 is 0 Å². The highest BCUT2D eigenvalue weighted by Crippen LogP contribution is 2.66. The van der Waals surface area contributed by atoms with Gasteiger partial charge in [0.25, 0.3) is 0 Å². The largest absolute Gasteiger partial charge is 0.310 e. The van der Waals surface area contributed by atoms with Crippen molar-refractivity contribution in [1.29, 1.82) is 0 Å². The number of hydrogen-bond donors (Lipinski definition) is 0. The van der Waals surface area contributed by atoms with Crippen LogP contribution in [0.3, 0.4) is 0 Å². The highest BCUT2D eigenvalue weighted by atomic mass is 15.2. The molecule has 1 unspecified atom stereocenters. The van der Waals surface area contributed by atoms with Gasteiger partial charge >= 0.3 is 0 Å². The molecule has 2 aliphatic carbocycles. The molecule has 10 aromatic carbocycles. The minimum absolute atomic E-state index is 0.554. The summed E-state index contributed by atoms with van der Waals surface area (Å²) in [6.45, 7) is 0. The van der Waals surface area contributed by atoms with Crippen LogP contribution >= 0.6 is 0 Å². The van der Waals surface area contributed by atoms with Gasteiger partial charge in [-0.2, -0.15) is 0 Å². The molecule has 2 heteroatoms. The Morgan fingerprint density at radius 2 is 0.797 bits per heavy atom. The van der Waals surface area contributed by atoms with Crippen LogP contribution < -0.4 is 9.80 Å². The first-order valence-corrected chi connectivity index (χ1v) is 20.4. The molecule has 276 valence electrons. The number of anilines is 6. The Kier molecular flexibility index (Phi) is 7.48. The summed E-state index contributed by atoms with van der Waals surface area (Å²) in [4.78, 5) is 4.88. The summed E-state index contributed by atoms with van der Waals surface area (Å²) >= 11 is 0. The van der Waals surface area contributed by atoms with E-state index < -0.39 is 5.41 Å².